The molecule has 1 fully saturated rings. The zero-order chi connectivity index (χ0) is 35.8. The van der Waals surface area contributed by atoms with Crippen molar-refractivity contribution in [2.45, 2.75) is 70.1 Å². The fraction of sp³-hybridized carbons (Fsp3) is 0.514. The molecule has 13 nitrogen and oxygen atoms in total. The van der Waals surface area contributed by atoms with Crippen LogP contribution in [-0.2, 0) is 39.9 Å². The minimum absolute atomic E-state index is 0.0259. The van der Waals surface area contributed by atoms with E-state index in [1.54, 1.807) is 27.9 Å². The largest absolute Gasteiger partial charge is 0.394 e. The van der Waals surface area contributed by atoms with Gasteiger partial charge >= 0.3 is 5.97 Å². The number of halogens is 1. The van der Waals surface area contributed by atoms with Crippen molar-refractivity contribution in [2.75, 3.05) is 39.3 Å². The molecule has 0 radical (unpaired) electrons. The normalized spacial score (nSPS) is 15.8. The second-order valence-electron chi connectivity index (χ2n) is 12.8. The number of nitrogens with two attached hydrogens (primary N) is 2. The first kappa shape index (κ1) is 39.8. The van der Waals surface area contributed by atoms with Gasteiger partial charge < -0.3 is 35.4 Å². The average molecular weight is 792 g/mol. The number of carbonyl (C=O) groups excluding carboxylic acids is 5. The summed E-state index contributed by atoms with van der Waals surface area (Å²) in [5, 5.41) is 8.57. The second kappa shape index (κ2) is 20.8. The first-order valence-electron chi connectivity index (χ1n) is 16.8. The summed E-state index contributed by atoms with van der Waals surface area (Å²) in [5.74, 6) is -2.08. The lowest BCUT2D eigenvalue weighted by atomic mass is 9.99. The van der Waals surface area contributed by atoms with E-state index in [4.69, 9.17) is 14.5 Å². The molecule has 1 heterocycles. The monoisotopic (exact) mass is 791 g/mol. The van der Waals surface area contributed by atoms with Crippen LogP contribution in [0.3, 0.4) is 0 Å². The molecule has 49 heavy (non-hydrogen) atoms. The quantitative estimate of drug-likeness (QED) is 0.138. The summed E-state index contributed by atoms with van der Waals surface area (Å²) in [7, 11) is 0. The Hall–Kier alpha value is -3.60. The maximum Gasteiger partial charge on any atom is 0.329 e. The summed E-state index contributed by atoms with van der Waals surface area (Å²) in [6.07, 6.45) is 1.62. The predicted molar refractivity (Wildman–Crippen MR) is 195 cm³/mol. The summed E-state index contributed by atoms with van der Waals surface area (Å²) in [6.45, 7) is 6.11. The van der Waals surface area contributed by atoms with Crippen molar-refractivity contribution in [1.82, 2.24) is 25.8 Å². The first-order valence-corrected chi connectivity index (χ1v) is 17.7. The van der Waals surface area contributed by atoms with Crippen LogP contribution in [0.5, 0.6) is 0 Å². The number of nitrogens with one attached hydrogen (secondary N) is 3. The molecular weight excluding hydrogens is 741 g/mol. The van der Waals surface area contributed by atoms with Crippen molar-refractivity contribution >= 4 is 52.6 Å². The van der Waals surface area contributed by atoms with E-state index in [0.717, 1.165) is 11.1 Å². The number of hydrogen-bond donors (Lipinski definition) is 5. The van der Waals surface area contributed by atoms with Gasteiger partial charge in [-0.2, -0.15) is 0 Å². The second-order valence-corrected chi connectivity index (χ2v) is 13.2. The third kappa shape index (κ3) is 13.7. The smallest absolute Gasteiger partial charge is 0.329 e. The Bertz CT molecular complexity index is 1360. The topological polar surface area (TPSA) is 189 Å². The van der Waals surface area contributed by atoms with E-state index in [2.05, 4.69) is 16.0 Å². The minimum Gasteiger partial charge on any atom is -0.394 e. The maximum atomic E-state index is 13.9. The molecule has 2 aromatic carbocycles. The van der Waals surface area contributed by atoms with Gasteiger partial charge in [-0.1, -0.05) is 74.5 Å². The molecular formula is C35H50IN7O6. The molecule has 0 aromatic heterocycles. The van der Waals surface area contributed by atoms with Crippen LogP contribution >= 0.6 is 23.0 Å². The molecule has 0 unspecified atom stereocenters. The minimum atomic E-state index is -1.00. The van der Waals surface area contributed by atoms with Crippen LogP contribution in [-0.4, -0.2) is 103 Å². The molecule has 0 aliphatic carbocycles. The van der Waals surface area contributed by atoms with E-state index in [0.29, 0.717) is 58.4 Å². The summed E-state index contributed by atoms with van der Waals surface area (Å²) < 4.78 is 4.72. The molecule has 1 aliphatic heterocycles. The van der Waals surface area contributed by atoms with E-state index < -0.39 is 41.9 Å². The number of carbonyl (C=O) groups is 5. The lowest BCUT2D eigenvalue weighted by molar-refractivity contribution is -0.140. The number of benzene rings is 2. The van der Waals surface area contributed by atoms with Gasteiger partial charge in [0.2, 0.25) is 23.6 Å². The van der Waals surface area contributed by atoms with Crippen LogP contribution < -0.4 is 27.4 Å². The Kier molecular flexibility index (Phi) is 16.9. The van der Waals surface area contributed by atoms with Crippen LogP contribution in [0.15, 0.2) is 60.7 Å². The van der Waals surface area contributed by atoms with E-state index in [1.807, 2.05) is 79.4 Å². The summed E-state index contributed by atoms with van der Waals surface area (Å²) in [4.78, 5) is 69.8. The number of rotatable bonds is 18. The lowest BCUT2D eigenvalue weighted by Crippen LogP contribution is -2.59. The number of piperazine rings is 1. The van der Waals surface area contributed by atoms with Crippen molar-refractivity contribution in [3.8, 4) is 0 Å². The van der Waals surface area contributed by atoms with Crippen LogP contribution in [0.1, 0.15) is 44.2 Å². The molecule has 0 spiro atoms. The van der Waals surface area contributed by atoms with E-state index in [-0.39, 0.29) is 30.8 Å². The van der Waals surface area contributed by atoms with Gasteiger partial charge in [-0.15, -0.1) is 0 Å². The van der Waals surface area contributed by atoms with Gasteiger partial charge in [-0.25, -0.2) is 4.79 Å². The van der Waals surface area contributed by atoms with Crippen LogP contribution in [0.4, 0.5) is 0 Å². The van der Waals surface area contributed by atoms with Crippen LogP contribution in [0, 0.1) is 5.92 Å². The van der Waals surface area contributed by atoms with Gasteiger partial charge in [0.15, 0.2) is 23.0 Å². The van der Waals surface area contributed by atoms with Gasteiger partial charge in [-0.05, 0) is 49.3 Å². The fourth-order valence-electron chi connectivity index (χ4n) is 5.68. The highest BCUT2D eigenvalue weighted by atomic mass is 127. The van der Waals surface area contributed by atoms with Crippen molar-refractivity contribution in [1.29, 1.82) is 0 Å². The Morgan fingerprint density at radius 2 is 1.31 bits per heavy atom. The van der Waals surface area contributed by atoms with Crippen molar-refractivity contribution in [3.63, 3.8) is 0 Å². The molecule has 2 aromatic rings. The summed E-state index contributed by atoms with van der Waals surface area (Å²) in [6, 6.07) is 14.9. The standard InChI is InChI=1S/C35H50IN7O6/c1-24(2)20-29(33(46)39-28(14-9-15-37)35(48)43-18-16-42(17-19-43)23-31(44)49-36)41-34(47)30(22-26-12-7-4-8-13-26)40-32(45)27(38)21-25-10-5-3-6-11-25/h3-8,10-13,24,27-30H,9,14-23,37-38H2,1-2H3,(H,39,46)(H,40,45)(H,41,47)/t27-,28-,29-,30-/m1/s1. The van der Waals surface area contributed by atoms with Crippen molar-refractivity contribution < 1.29 is 27.0 Å². The summed E-state index contributed by atoms with van der Waals surface area (Å²) in [5.41, 5.74) is 13.7. The van der Waals surface area contributed by atoms with Gasteiger partial charge in [0.05, 0.1) is 12.6 Å². The zero-order valence-electron chi connectivity index (χ0n) is 28.3. The first-order chi connectivity index (χ1) is 23.5. The van der Waals surface area contributed by atoms with Crippen molar-refractivity contribution in [3.05, 3.63) is 71.8 Å². The van der Waals surface area contributed by atoms with Crippen molar-refractivity contribution in [2.24, 2.45) is 17.4 Å². The van der Waals surface area contributed by atoms with Crippen LogP contribution in [0.25, 0.3) is 0 Å². The van der Waals surface area contributed by atoms with Gasteiger partial charge in [0.1, 0.15) is 18.1 Å². The van der Waals surface area contributed by atoms with E-state index >= 15 is 0 Å². The Balaban J connectivity index is 1.73. The molecule has 0 bridgehead atoms. The lowest BCUT2D eigenvalue weighted by Gasteiger charge is -2.36. The van der Waals surface area contributed by atoms with Gasteiger partial charge in [-0.3, -0.25) is 24.1 Å². The molecule has 268 valence electrons. The molecule has 3 rings (SSSR count). The molecule has 4 atom stereocenters. The van der Waals surface area contributed by atoms with Gasteiger partial charge in [0.25, 0.3) is 0 Å². The van der Waals surface area contributed by atoms with Gasteiger partial charge in [0, 0.05) is 32.6 Å². The summed E-state index contributed by atoms with van der Waals surface area (Å²) >= 11 is 1.55. The highest BCUT2D eigenvalue weighted by molar-refractivity contribution is 14.1. The number of nitrogens with zero attached hydrogens (tertiary/aromatic N) is 2. The highest BCUT2D eigenvalue weighted by Crippen LogP contribution is 2.12. The molecule has 7 N–H and O–H groups in total. The van der Waals surface area contributed by atoms with E-state index in [1.165, 1.54) is 0 Å². The molecule has 4 amide bonds. The third-order valence-electron chi connectivity index (χ3n) is 8.33. The number of amides is 4. The van der Waals surface area contributed by atoms with Crippen LogP contribution in [0.2, 0.25) is 0 Å². The number of hydrogen-bond acceptors (Lipinski definition) is 9. The molecule has 14 heteroatoms. The highest BCUT2D eigenvalue weighted by Gasteiger charge is 2.33. The third-order valence-corrected chi connectivity index (χ3v) is 8.82. The van der Waals surface area contributed by atoms with E-state index in [9.17, 15) is 24.0 Å². The Morgan fingerprint density at radius 3 is 1.86 bits per heavy atom. The fourth-order valence-corrected chi connectivity index (χ4v) is 5.82. The predicted octanol–water partition coefficient (Wildman–Crippen LogP) is 1.08. The Labute approximate surface area is 302 Å². The SMILES string of the molecule is CC(C)C[C@@H](NC(=O)[C@@H](Cc1ccccc1)NC(=O)[C@H](N)Cc1ccccc1)C(=O)N[C@H](CCCN)C(=O)N1CCN(CC(=O)OI)CC1. The average Bonchev–Trinajstić information content (AvgIpc) is 3.09. The Morgan fingerprint density at radius 1 is 0.776 bits per heavy atom. The molecule has 1 aliphatic rings. The zero-order valence-corrected chi connectivity index (χ0v) is 30.5. The molecule has 1 saturated heterocycles. The maximum absolute atomic E-state index is 13.9. The molecule has 0 saturated carbocycles.